The minimum absolute atomic E-state index is 0.0380. The van der Waals surface area contributed by atoms with Gasteiger partial charge in [0.2, 0.25) is 11.8 Å². The summed E-state index contributed by atoms with van der Waals surface area (Å²) in [6.45, 7) is 6.18. The molecule has 0 bridgehead atoms. The average Bonchev–Trinajstić information content (AvgIpc) is 3.29. The highest BCUT2D eigenvalue weighted by molar-refractivity contribution is 6.04. The molecule has 0 unspecified atom stereocenters. The smallest absolute Gasteiger partial charge is 0.269 e. The molecular formula is C18H21N9O2. The number of nitrogens with two attached hydrogens (primary N) is 1. The van der Waals surface area contributed by atoms with E-state index in [0.717, 1.165) is 12.1 Å². The first kappa shape index (κ1) is 18.6. The lowest BCUT2D eigenvalue weighted by atomic mass is 10.2. The molecule has 0 aliphatic heterocycles. The van der Waals surface area contributed by atoms with Gasteiger partial charge in [-0.25, -0.2) is 4.68 Å². The van der Waals surface area contributed by atoms with Crippen LogP contribution in [-0.2, 0) is 13.6 Å². The third-order valence-corrected chi connectivity index (χ3v) is 4.61. The van der Waals surface area contributed by atoms with Crippen LogP contribution in [0.25, 0.3) is 28.4 Å². The zero-order valence-corrected chi connectivity index (χ0v) is 16.6. The van der Waals surface area contributed by atoms with Crippen LogP contribution in [0, 0.1) is 13.8 Å². The Morgan fingerprint density at radius 2 is 2.00 bits per heavy atom. The molecule has 11 nitrogen and oxygen atoms in total. The summed E-state index contributed by atoms with van der Waals surface area (Å²) < 4.78 is 4.68. The summed E-state index contributed by atoms with van der Waals surface area (Å²) in [6, 6.07) is 1.75. The molecule has 0 saturated heterocycles. The third kappa shape index (κ3) is 2.91. The molecule has 3 N–H and O–H groups in total. The van der Waals surface area contributed by atoms with Crippen molar-refractivity contribution in [2.75, 3.05) is 0 Å². The second-order valence-corrected chi connectivity index (χ2v) is 6.83. The van der Waals surface area contributed by atoms with Crippen LogP contribution in [0.5, 0.6) is 5.75 Å². The molecule has 0 spiro atoms. The van der Waals surface area contributed by atoms with Crippen molar-refractivity contribution >= 4 is 16.8 Å². The number of nitrogens with zero attached hydrogens (tertiary/aromatic N) is 8. The number of pyridine rings is 1. The minimum Gasteiger partial charge on any atom is -0.504 e. The van der Waals surface area contributed by atoms with Gasteiger partial charge in [-0.05, 0) is 26.3 Å². The normalized spacial score (nSPS) is 11.4. The van der Waals surface area contributed by atoms with Gasteiger partial charge in [0, 0.05) is 24.7 Å². The molecule has 150 valence electrons. The van der Waals surface area contributed by atoms with E-state index < -0.39 is 5.91 Å². The van der Waals surface area contributed by atoms with Crippen molar-refractivity contribution in [2.45, 2.75) is 33.7 Å². The van der Waals surface area contributed by atoms with E-state index in [1.165, 1.54) is 9.36 Å². The summed E-state index contributed by atoms with van der Waals surface area (Å²) in [5, 5.41) is 24.2. The van der Waals surface area contributed by atoms with Gasteiger partial charge in [0.05, 0.1) is 11.7 Å². The van der Waals surface area contributed by atoms with Crippen molar-refractivity contribution in [2.24, 2.45) is 12.8 Å². The Hall–Kier alpha value is -3.76. The Labute approximate surface area is 165 Å². The molecule has 4 aromatic rings. The molecule has 29 heavy (non-hydrogen) atoms. The van der Waals surface area contributed by atoms with Gasteiger partial charge in [-0.15, -0.1) is 5.10 Å². The van der Waals surface area contributed by atoms with Gasteiger partial charge in [0.1, 0.15) is 11.4 Å². The van der Waals surface area contributed by atoms with E-state index in [9.17, 15) is 9.90 Å². The van der Waals surface area contributed by atoms with Crippen LogP contribution in [-0.4, -0.2) is 50.3 Å². The van der Waals surface area contributed by atoms with E-state index >= 15 is 0 Å². The van der Waals surface area contributed by atoms with Gasteiger partial charge >= 0.3 is 0 Å². The van der Waals surface area contributed by atoms with E-state index in [1.807, 2.05) is 13.8 Å². The molecule has 1 amide bonds. The van der Waals surface area contributed by atoms with Crippen LogP contribution in [0.1, 0.15) is 35.2 Å². The fourth-order valence-electron chi connectivity index (χ4n) is 3.28. The number of aromatic hydroxyl groups is 1. The number of amides is 1. The highest BCUT2D eigenvalue weighted by Crippen LogP contribution is 2.31. The molecule has 0 radical (unpaired) electrons. The van der Waals surface area contributed by atoms with Crippen LogP contribution in [0.2, 0.25) is 0 Å². The van der Waals surface area contributed by atoms with Gasteiger partial charge in [-0.1, -0.05) is 6.92 Å². The van der Waals surface area contributed by atoms with Crippen LogP contribution < -0.4 is 5.73 Å². The van der Waals surface area contributed by atoms with Gasteiger partial charge in [-0.2, -0.15) is 19.9 Å². The molecule has 0 saturated carbocycles. The fourth-order valence-corrected chi connectivity index (χ4v) is 3.28. The largest absolute Gasteiger partial charge is 0.504 e. The number of hydrogen-bond acceptors (Lipinski definition) is 7. The number of fused-ring (bicyclic) bond motifs is 1. The number of rotatable bonds is 5. The van der Waals surface area contributed by atoms with Crippen LogP contribution in [0.4, 0.5) is 0 Å². The molecule has 0 aliphatic rings. The van der Waals surface area contributed by atoms with Crippen LogP contribution in [0.3, 0.4) is 0 Å². The quantitative estimate of drug-likeness (QED) is 0.517. The Morgan fingerprint density at radius 1 is 1.24 bits per heavy atom. The first-order valence-electron chi connectivity index (χ1n) is 9.15. The van der Waals surface area contributed by atoms with E-state index in [4.69, 9.17) is 5.73 Å². The predicted octanol–water partition coefficient (Wildman–Crippen LogP) is 1.24. The number of primary amides is 1. The molecule has 0 fully saturated rings. The number of aromatic nitrogens is 8. The zero-order valence-electron chi connectivity index (χ0n) is 16.6. The van der Waals surface area contributed by atoms with E-state index in [-0.39, 0.29) is 11.4 Å². The number of hydrogen-bond donors (Lipinski definition) is 2. The zero-order chi connectivity index (χ0) is 20.9. The Morgan fingerprint density at radius 3 is 2.69 bits per heavy atom. The second-order valence-electron chi connectivity index (χ2n) is 6.83. The van der Waals surface area contributed by atoms with Crippen molar-refractivity contribution in [1.82, 2.24) is 39.3 Å². The van der Waals surface area contributed by atoms with Gasteiger partial charge in [-0.3, -0.25) is 14.5 Å². The maximum atomic E-state index is 11.9. The molecular weight excluding hydrogens is 374 g/mol. The summed E-state index contributed by atoms with van der Waals surface area (Å²) >= 11 is 0. The highest BCUT2D eigenvalue weighted by atomic mass is 16.3. The summed E-state index contributed by atoms with van der Waals surface area (Å²) in [5.74, 6) is 0.0509. The summed E-state index contributed by atoms with van der Waals surface area (Å²) in [7, 11) is 1.70. The Bertz CT molecular complexity index is 1250. The number of carbonyl (C=O) groups is 1. The minimum atomic E-state index is -0.643. The van der Waals surface area contributed by atoms with E-state index in [1.54, 1.807) is 30.9 Å². The van der Waals surface area contributed by atoms with Gasteiger partial charge in [0.25, 0.3) is 5.91 Å². The Kier molecular flexibility index (Phi) is 4.29. The van der Waals surface area contributed by atoms with E-state index in [2.05, 4.69) is 25.3 Å². The molecule has 4 heterocycles. The lowest BCUT2D eigenvalue weighted by molar-refractivity contribution is 0.0996. The molecule has 11 heteroatoms. The molecule has 4 rings (SSSR count). The van der Waals surface area contributed by atoms with Crippen LogP contribution in [0.15, 0.2) is 12.3 Å². The van der Waals surface area contributed by atoms with Gasteiger partial charge in [0.15, 0.2) is 11.4 Å². The summed E-state index contributed by atoms with van der Waals surface area (Å²) in [4.78, 5) is 20.7. The van der Waals surface area contributed by atoms with E-state index in [0.29, 0.717) is 40.6 Å². The topological polar surface area (TPSA) is 143 Å². The SMILES string of the molecule is CCCn1nc(C)c(O)c1-c1nc(-n2nc(C(N)=O)c3cc(C)ncc32)n(C)n1. The first-order chi connectivity index (χ1) is 13.8. The molecule has 0 aromatic carbocycles. The lowest BCUT2D eigenvalue weighted by Crippen LogP contribution is -2.13. The summed E-state index contributed by atoms with van der Waals surface area (Å²) in [6.07, 6.45) is 2.45. The predicted molar refractivity (Wildman–Crippen MR) is 105 cm³/mol. The van der Waals surface area contributed by atoms with Crippen LogP contribution >= 0.6 is 0 Å². The highest BCUT2D eigenvalue weighted by Gasteiger charge is 2.24. The molecule has 0 aliphatic carbocycles. The standard InChI is InChI=1S/C18H21N9O2/c1-5-6-26-14(15(28)10(3)22-26)17-21-18(25(4)24-17)27-12-8-20-9(2)7-11(12)13(23-27)16(19)29/h7-8,28H,5-6H2,1-4H3,(H2,19,29). The summed E-state index contributed by atoms with van der Waals surface area (Å²) in [5.41, 5.74) is 7.89. The van der Waals surface area contributed by atoms with Crippen molar-refractivity contribution in [3.05, 3.63) is 29.3 Å². The Balaban J connectivity index is 1.92. The maximum Gasteiger partial charge on any atom is 0.269 e. The van der Waals surface area contributed by atoms with Gasteiger partial charge < -0.3 is 10.8 Å². The fraction of sp³-hybridized carbons (Fsp3) is 0.333. The van der Waals surface area contributed by atoms with Crippen molar-refractivity contribution < 1.29 is 9.90 Å². The van der Waals surface area contributed by atoms with Crippen molar-refractivity contribution in [3.63, 3.8) is 0 Å². The maximum absolute atomic E-state index is 11.9. The number of aryl methyl sites for hydroxylation is 4. The second kappa shape index (κ2) is 6.69. The first-order valence-corrected chi connectivity index (χ1v) is 9.15. The monoisotopic (exact) mass is 395 g/mol. The molecule has 0 atom stereocenters. The average molecular weight is 395 g/mol. The number of carbonyl (C=O) groups excluding carboxylic acids is 1. The van der Waals surface area contributed by atoms with Crippen molar-refractivity contribution in [1.29, 1.82) is 0 Å². The lowest BCUT2D eigenvalue weighted by Gasteiger charge is -2.02. The third-order valence-electron chi connectivity index (χ3n) is 4.61. The van der Waals surface area contributed by atoms with Crippen molar-refractivity contribution in [3.8, 4) is 23.2 Å². The molecule has 4 aromatic heterocycles.